The number of hydrogen-bond acceptors (Lipinski definition) is 7. The van der Waals surface area contributed by atoms with E-state index in [1.54, 1.807) is 19.1 Å². The largest absolute Gasteiger partial charge is 0.466 e. The van der Waals surface area contributed by atoms with E-state index in [4.69, 9.17) is 15.0 Å². The lowest BCUT2D eigenvalue weighted by Crippen LogP contribution is -2.54. The Bertz CT molecular complexity index is 1300. The molecule has 1 amide bonds. The number of hydrogen-bond donors (Lipinski definition) is 3. The third-order valence-electron chi connectivity index (χ3n) is 6.90. The number of H-pyrrole nitrogens is 1. The second-order valence-corrected chi connectivity index (χ2v) is 9.47. The Morgan fingerprint density at radius 2 is 1.92 bits per heavy atom. The number of nitrogens with zero attached hydrogens (tertiary/aromatic N) is 3. The lowest BCUT2D eigenvalue weighted by molar-refractivity contribution is -0.144. The monoisotopic (exact) mass is 502 g/mol. The van der Waals surface area contributed by atoms with Gasteiger partial charge in [0.15, 0.2) is 0 Å². The molecule has 37 heavy (non-hydrogen) atoms. The van der Waals surface area contributed by atoms with Crippen molar-refractivity contribution in [2.24, 2.45) is 0 Å². The van der Waals surface area contributed by atoms with Crippen LogP contribution in [0.3, 0.4) is 0 Å². The first kappa shape index (κ1) is 26.2. The molecule has 0 bridgehead atoms. The summed E-state index contributed by atoms with van der Waals surface area (Å²) in [7, 11) is 0. The second-order valence-electron chi connectivity index (χ2n) is 9.47. The summed E-state index contributed by atoms with van der Waals surface area (Å²) in [5.74, 6) is 0.488. The van der Waals surface area contributed by atoms with Crippen LogP contribution < -0.4 is 10.6 Å². The number of aromatic nitrogens is 2. The first-order valence-electron chi connectivity index (χ1n) is 12.8. The second kappa shape index (κ2) is 11.4. The zero-order valence-electron chi connectivity index (χ0n) is 21.7. The van der Waals surface area contributed by atoms with Crippen LogP contribution in [0.15, 0.2) is 36.4 Å². The van der Waals surface area contributed by atoms with Crippen molar-refractivity contribution in [2.45, 2.75) is 52.1 Å². The van der Waals surface area contributed by atoms with Crippen molar-refractivity contribution in [3.05, 3.63) is 58.9 Å². The van der Waals surface area contributed by atoms with Gasteiger partial charge in [0.05, 0.1) is 42.2 Å². The Hall–Kier alpha value is -3.90. The quantitative estimate of drug-likeness (QED) is 0.361. The third kappa shape index (κ3) is 5.75. The molecule has 1 aliphatic rings. The maximum Gasteiger partial charge on any atom is 0.307 e. The van der Waals surface area contributed by atoms with E-state index in [-0.39, 0.29) is 18.3 Å². The van der Waals surface area contributed by atoms with Crippen molar-refractivity contribution in [2.75, 3.05) is 31.6 Å². The Balaban J connectivity index is 1.58. The van der Waals surface area contributed by atoms with Crippen molar-refractivity contribution in [1.82, 2.24) is 20.2 Å². The Labute approximate surface area is 217 Å². The molecule has 1 saturated heterocycles. The normalized spacial score (nSPS) is 14.8. The lowest BCUT2D eigenvalue weighted by Gasteiger charge is -2.35. The molecule has 2 aromatic carbocycles. The fourth-order valence-electron chi connectivity index (χ4n) is 4.91. The van der Waals surface area contributed by atoms with Gasteiger partial charge in [0.2, 0.25) is 5.91 Å². The molecule has 1 aromatic heterocycles. The topological polar surface area (TPSA) is 123 Å². The van der Waals surface area contributed by atoms with Gasteiger partial charge >= 0.3 is 5.97 Å². The average Bonchev–Trinajstić information content (AvgIpc) is 3.58. The first-order valence-corrected chi connectivity index (χ1v) is 12.8. The standard InChI is InChI=1S/C28H34N6O3/c1-4-37-25(35)13-14-31-28(3,27(36)34-15-5-6-16-34)22-11-12-23-26(19(22)2)33-24(32-23)18-30-21-9-7-20(17-29)8-10-21/h7-12,30-31H,4-6,13-16,18H2,1-3H3,(H,32,33). The highest BCUT2D eigenvalue weighted by molar-refractivity contribution is 5.91. The number of anilines is 1. The molecule has 0 aliphatic carbocycles. The van der Waals surface area contributed by atoms with Crippen LogP contribution in [0.2, 0.25) is 0 Å². The van der Waals surface area contributed by atoms with Crippen molar-refractivity contribution < 1.29 is 14.3 Å². The molecular weight excluding hydrogens is 468 g/mol. The number of likely N-dealkylation sites (tertiary alicyclic amines) is 1. The molecule has 3 aromatic rings. The van der Waals surface area contributed by atoms with Gasteiger partial charge in [-0.2, -0.15) is 5.26 Å². The van der Waals surface area contributed by atoms with Crippen LogP contribution in [0.4, 0.5) is 5.69 Å². The van der Waals surface area contributed by atoms with E-state index in [1.165, 1.54) is 0 Å². The maximum absolute atomic E-state index is 13.8. The molecule has 1 unspecified atom stereocenters. The number of carbonyl (C=O) groups is 2. The van der Waals surface area contributed by atoms with Crippen LogP contribution in [0.25, 0.3) is 11.0 Å². The highest BCUT2D eigenvalue weighted by Crippen LogP contribution is 2.32. The number of aromatic amines is 1. The molecule has 9 nitrogen and oxygen atoms in total. The molecule has 9 heteroatoms. The maximum atomic E-state index is 13.8. The van der Waals surface area contributed by atoms with E-state index in [9.17, 15) is 9.59 Å². The molecule has 2 heterocycles. The molecule has 1 fully saturated rings. The smallest absolute Gasteiger partial charge is 0.307 e. The summed E-state index contributed by atoms with van der Waals surface area (Å²) < 4.78 is 5.06. The summed E-state index contributed by atoms with van der Waals surface area (Å²) in [6.45, 7) is 8.28. The number of benzene rings is 2. The summed E-state index contributed by atoms with van der Waals surface area (Å²) in [6, 6.07) is 13.3. The van der Waals surface area contributed by atoms with Gasteiger partial charge in [0, 0.05) is 25.3 Å². The molecule has 1 atom stereocenters. The van der Waals surface area contributed by atoms with E-state index in [0.717, 1.165) is 59.6 Å². The number of esters is 1. The fraction of sp³-hybridized carbons (Fsp3) is 0.429. The minimum absolute atomic E-state index is 0.00884. The van der Waals surface area contributed by atoms with Crippen LogP contribution in [0, 0.1) is 18.3 Å². The predicted molar refractivity (Wildman–Crippen MR) is 142 cm³/mol. The number of fused-ring (bicyclic) bond motifs is 1. The summed E-state index contributed by atoms with van der Waals surface area (Å²) in [5, 5.41) is 15.7. The lowest BCUT2D eigenvalue weighted by atomic mass is 9.86. The Kier molecular flexibility index (Phi) is 8.09. The summed E-state index contributed by atoms with van der Waals surface area (Å²) >= 11 is 0. The molecule has 4 rings (SSSR count). The first-order chi connectivity index (χ1) is 17.9. The summed E-state index contributed by atoms with van der Waals surface area (Å²) in [5.41, 5.74) is 3.96. The Morgan fingerprint density at radius 3 is 2.59 bits per heavy atom. The van der Waals surface area contributed by atoms with E-state index in [2.05, 4.69) is 21.7 Å². The van der Waals surface area contributed by atoms with E-state index >= 15 is 0 Å². The summed E-state index contributed by atoms with van der Waals surface area (Å²) in [6.07, 6.45) is 2.18. The van der Waals surface area contributed by atoms with Crippen molar-refractivity contribution in [1.29, 1.82) is 5.26 Å². The minimum Gasteiger partial charge on any atom is -0.466 e. The molecule has 0 saturated carbocycles. The van der Waals surface area contributed by atoms with Gasteiger partial charge in [0.25, 0.3) is 0 Å². The number of nitrogens with one attached hydrogen (secondary N) is 3. The zero-order chi connectivity index (χ0) is 26.4. The number of ether oxygens (including phenoxy) is 1. The minimum atomic E-state index is -1.01. The average molecular weight is 503 g/mol. The summed E-state index contributed by atoms with van der Waals surface area (Å²) in [4.78, 5) is 35.8. The highest BCUT2D eigenvalue weighted by atomic mass is 16.5. The van der Waals surface area contributed by atoms with Gasteiger partial charge in [-0.05, 0) is 75.1 Å². The van der Waals surface area contributed by atoms with E-state index in [1.807, 2.05) is 43.0 Å². The number of carbonyl (C=O) groups excluding carboxylic acids is 2. The SMILES string of the molecule is CCOC(=O)CCNC(C)(C(=O)N1CCCC1)c1ccc2[nH]c(CNc3ccc(C#N)cc3)nc2c1C. The number of amides is 1. The van der Waals surface area contributed by atoms with Gasteiger partial charge < -0.3 is 19.9 Å². The highest BCUT2D eigenvalue weighted by Gasteiger charge is 2.40. The molecule has 3 N–H and O–H groups in total. The Morgan fingerprint density at radius 1 is 1.19 bits per heavy atom. The van der Waals surface area contributed by atoms with Crippen LogP contribution in [-0.2, 0) is 26.4 Å². The molecule has 1 aliphatic heterocycles. The van der Waals surface area contributed by atoms with Crippen molar-refractivity contribution in [3.8, 4) is 6.07 Å². The van der Waals surface area contributed by atoms with Gasteiger partial charge in [-0.15, -0.1) is 0 Å². The van der Waals surface area contributed by atoms with Gasteiger partial charge in [0.1, 0.15) is 11.4 Å². The van der Waals surface area contributed by atoms with Gasteiger partial charge in [-0.1, -0.05) is 6.07 Å². The molecule has 0 radical (unpaired) electrons. The van der Waals surface area contributed by atoms with Crippen molar-refractivity contribution in [3.63, 3.8) is 0 Å². The number of imidazole rings is 1. The van der Waals surface area contributed by atoms with E-state index in [0.29, 0.717) is 25.3 Å². The van der Waals surface area contributed by atoms with Crippen molar-refractivity contribution >= 4 is 28.6 Å². The predicted octanol–water partition coefficient (Wildman–Crippen LogP) is 3.74. The molecular formula is C28H34N6O3. The molecule has 0 spiro atoms. The van der Waals surface area contributed by atoms with Crippen LogP contribution in [0.1, 0.15) is 55.6 Å². The number of rotatable bonds is 10. The number of nitriles is 1. The third-order valence-corrected chi connectivity index (χ3v) is 6.90. The zero-order valence-corrected chi connectivity index (χ0v) is 21.7. The fourth-order valence-corrected chi connectivity index (χ4v) is 4.91. The number of aryl methyl sites for hydroxylation is 1. The van der Waals surface area contributed by atoms with Gasteiger partial charge in [-0.25, -0.2) is 4.98 Å². The van der Waals surface area contributed by atoms with E-state index < -0.39 is 5.54 Å². The van der Waals surface area contributed by atoms with Gasteiger partial charge in [-0.3, -0.25) is 14.9 Å². The van der Waals surface area contributed by atoms with Crippen LogP contribution in [-0.4, -0.2) is 53.0 Å². The molecule has 194 valence electrons. The van der Waals surface area contributed by atoms with Crippen LogP contribution in [0.5, 0.6) is 0 Å². The van der Waals surface area contributed by atoms with Crippen LogP contribution >= 0.6 is 0 Å².